The van der Waals surface area contributed by atoms with E-state index in [1.165, 1.54) is 0 Å². The minimum atomic E-state index is -0.0748. The number of rotatable bonds is 3. The van der Waals surface area contributed by atoms with E-state index in [9.17, 15) is 4.79 Å². The van der Waals surface area contributed by atoms with Crippen LogP contribution in [0.2, 0.25) is 0 Å². The smallest absolute Gasteiger partial charge is 0.321 e. The molecule has 1 heterocycles. The molecule has 1 aliphatic heterocycles. The van der Waals surface area contributed by atoms with Gasteiger partial charge in [-0.2, -0.15) is 0 Å². The lowest BCUT2D eigenvalue weighted by atomic mass is 10.5. The molecule has 0 aromatic heterocycles. The van der Waals surface area contributed by atoms with Crippen LogP contribution in [0.15, 0.2) is 17.4 Å². The molecule has 1 N–H and O–H groups in total. The molecular formula is C9H16N4O. The van der Waals surface area contributed by atoms with Crippen LogP contribution in [0.5, 0.6) is 0 Å². The second kappa shape index (κ2) is 5.39. The molecule has 0 fully saturated rings. The largest absolute Gasteiger partial charge is 0.336 e. The first-order chi connectivity index (χ1) is 6.70. The van der Waals surface area contributed by atoms with Gasteiger partial charge in [-0.15, -0.1) is 0 Å². The van der Waals surface area contributed by atoms with Crippen LogP contribution in [0, 0.1) is 0 Å². The molecule has 0 saturated heterocycles. The third kappa shape index (κ3) is 3.57. The quantitative estimate of drug-likeness (QED) is 0.696. The number of nitrogens with one attached hydrogen (secondary N) is 1. The highest BCUT2D eigenvalue weighted by Gasteiger charge is 2.09. The standard InChI is InChI=1S/C9H16N4O/c1-12(2)6-5-11-9(14)13-7-3-10-4-8-13/h3-4,7H,5-6,8H2,1-2H3,(H,11,14). The molecule has 0 saturated carbocycles. The summed E-state index contributed by atoms with van der Waals surface area (Å²) in [5.74, 6) is 0. The SMILES string of the molecule is CN(C)CCNC(=O)N1C=CN=CC1. The van der Waals surface area contributed by atoms with Crippen molar-refractivity contribution < 1.29 is 4.79 Å². The molecule has 5 nitrogen and oxygen atoms in total. The third-order valence-corrected chi connectivity index (χ3v) is 1.81. The molecule has 14 heavy (non-hydrogen) atoms. The van der Waals surface area contributed by atoms with Gasteiger partial charge in [0.15, 0.2) is 0 Å². The first-order valence-corrected chi connectivity index (χ1v) is 4.57. The van der Waals surface area contributed by atoms with Gasteiger partial charge >= 0.3 is 6.03 Å². The number of amides is 2. The van der Waals surface area contributed by atoms with E-state index in [0.717, 1.165) is 6.54 Å². The third-order valence-electron chi connectivity index (χ3n) is 1.81. The van der Waals surface area contributed by atoms with Gasteiger partial charge in [-0.3, -0.25) is 9.89 Å². The van der Waals surface area contributed by atoms with Crippen molar-refractivity contribution in [3.05, 3.63) is 12.4 Å². The van der Waals surface area contributed by atoms with Crippen LogP contribution in [0.3, 0.4) is 0 Å². The number of nitrogens with zero attached hydrogens (tertiary/aromatic N) is 3. The maximum absolute atomic E-state index is 11.5. The lowest BCUT2D eigenvalue weighted by molar-refractivity contribution is 0.218. The summed E-state index contributed by atoms with van der Waals surface area (Å²) in [6.45, 7) is 2.05. The van der Waals surface area contributed by atoms with Gasteiger partial charge in [-0.05, 0) is 14.1 Å². The summed E-state index contributed by atoms with van der Waals surface area (Å²) in [6, 6.07) is -0.0748. The highest BCUT2D eigenvalue weighted by atomic mass is 16.2. The van der Waals surface area contributed by atoms with Gasteiger partial charge in [-0.1, -0.05) is 0 Å². The molecule has 0 aromatic rings. The zero-order valence-corrected chi connectivity index (χ0v) is 8.60. The molecule has 5 heteroatoms. The molecule has 0 radical (unpaired) electrons. The van der Waals surface area contributed by atoms with E-state index < -0.39 is 0 Å². The molecule has 0 aromatic carbocycles. The van der Waals surface area contributed by atoms with E-state index in [0.29, 0.717) is 13.1 Å². The zero-order valence-electron chi connectivity index (χ0n) is 8.60. The Kier molecular flexibility index (Phi) is 4.12. The molecular weight excluding hydrogens is 180 g/mol. The number of likely N-dealkylation sites (N-methyl/N-ethyl adjacent to an activating group) is 1. The minimum Gasteiger partial charge on any atom is -0.336 e. The monoisotopic (exact) mass is 196 g/mol. The van der Waals surface area contributed by atoms with E-state index >= 15 is 0 Å². The lowest BCUT2D eigenvalue weighted by Crippen LogP contribution is -2.40. The summed E-state index contributed by atoms with van der Waals surface area (Å²) in [6.07, 6.45) is 4.98. The summed E-state index contributed by atoms with van der Waals surface area (Å²) >= 11 is 0. The van der Waals surface area contributed by atoms with Crippen LogP contribution in [0.25, 0.3) is 0 Å². The highest BCUT2D eigenvalue weighted by molar-refractivity contribution is 5.79. The van der Waals surface area contributed by atoms with Crippen molar-refractivity contribution in [3.8, 4) is 0 Å². The van der Waals surface area contributed by atoms with Crippen molar-refractivity contribution in [3.63, 3.8) is 0 Å². The topological polar surface area (TPSA) is 47.9 Å². The predicted molar refractivity (Wildman–Crippen MR) is 56.3 cm³/mol. The van der Waals surface area contributed by atoms with Crippen LogP contribution in [0.4, 0.5) is 4.79 Å². The van der Waals surface area contributed by atoms with Crippen molar-refractivity contribution in [2.75, 3.05) is 33.7 Å². The number of carbonyl (C=O) groups is 1. The Morgan fingerprint density at radius 3 is 3.00 bits per heavy atom. The summed E-state index contributed by atoms with van der Waals surface area (Å²) in [5, 5.41) is 2.82. The molecule has 0 spiro atoms. The molecule has 0 atom stereocenters. The van der Waals surface area contributed by atoms with Crippen LogP contribution >= 0.6 is 0 Å². The van der Waals surface area contributed by atoms with E-state index in [1.807, 2.05) is 19.0 Å². The number of hydrogen-bond acceptors (Lipinski definition) is 3. The number of carbonyl (C=O) groups excluding carboxylic acids is 1. The molecule has 1 aliphatic rings. The van der Waals surface area contributed by atoms with E-state index in [2.05, 4.69) is 10.3 Å². The molecule has 0 bridgehead atoms. The van der Waals surface area contributed by atoms with E-state index in [4.69, 9.17) is 0 Å². The summed E-state index contributed by atoms with van der Waals surface area (Å²) < 4.78 is 0. The maximum Gasteiger partial charge on any atom is 0.321 e. The Morgan fingerprint density at radius 2 is 2.43 bits per heavy atom. The van der Waals surface area contributed by atoms with Gasteiger partial charge < -0.3 is 10.2 Å². The average Bonchev–Trinajstić information content (AvgIpc) is 2.18. The highest BCUT2D eigenvalue weighted by Crippen LogP contribution is 1.94. The van der Waals surface area contributed by atoms with Crippen molar-refractivity contribution in [1.29, 1.82) is 0 Å². The Morgan fingerprint density at radius 1 is 1.64 bits per heavy atom. The van der Waals surface area contributed by atoms with Gasteiger partial charge in [0, 0.05) is 31.7 Å². The summed E-state index contributed by atoms with van der Waals surface area (Å²) in [4.78, 5) is 19.0. The second-order valence-corrected chi connectivity index (χ2v) is 3.32. The first-order valence-electron chi connectivity index (χ1n) is 4.57. The van der Waals surface area contributed by atoms with E-state index in [1.54, 1.807) is 23.5 Å². The number of hydrogen-bond donors (Lipinski definition) is 1. The fourth-order valence-electron chi connectivity index (χ4n) is 1.01. The fraction of sp³-hybridized carbons (Fsp3) is 0.556. The van der Waals surface area contributed by atoms with Gasteiger partial charge in [0.2, 0.25) is 0 Å². The van der Waals surface area contributed by atoms with Crippen molar-refractivity contribution in [2.45, 2.75) is 0 Å². The van der Waals surface area contributed by atoms with Gasteiger partial charge in [0.1, 0.15) is 0 Å². The molecule has 0 unspecified atom stereocenters. The molecule has 0 aliphatic carbocycles. The fourth-order valence-corrected chi connectivity index (χ4v) is 1.01. The number of aliphatic imine (C=N–C) groups is 1. The van der Waals surface area contributed by atoms with E-state index in [-0.39, 0.29) is 6.03 Å². The van der Waals surface area contributed by atoms with Crippen LogP contribution in [-0.2, 0) is 0 Å². The van der Waals surface area contributed by atoms with Crippen molar-refractivity contribution in [2.24, 2.45) is 4.99 Å². The number of urea groups is 1. The Balaban J connectivity index is 2.21. The summed E-state index contributed by atoms with van der Waals surface area (Å²) in [7, 11) is 3.94. The molecule has 1 rings (SSSR count). The van der Waals surface area contributed by atoms with Crippen LogP contribution < -0.4 is 5.32 Å². The maximum atomic E-state index is 11.5. The predicted octanol–water partition coefficient (Wildman–Crippen LogP) is 0.115. The first kappa shape index (κ1) is 10.7. The molecule has 78 valence electrons. The normalized spacial score (nSPS) is 14.9. The Hall–Kier alpha value is -1.36. The molecule has 2 amide bonds. The van der Waals surface area contributed by atoms with Gasteiger partial charge in [0.05, 0.1) is 6.54 Å². The van der Waals surface area contributed by atoms with Crippen molar-refractivity contribution in [1.82, 2.24) is 15.1 Å². The van der Waals surface area contributed by atoms with Crippen LogP contribution in [-0.4, -0.2) is 55.8 Å². The van der Waals surface area contributed by atoms with Gasteiger partial charge in [-0.25, -0.2) is 4.79 Å². The zero-order chi connectivity index (χ0) is 10.4. The Bertz CT molecular complexity index is 247. The van der Waals surface area contributed by atoms with Crippen LogP contribution in [0.1, 0.15) is 0 Å². The Labute approximate surface area is 84.1 Å². The lowest BCUT2D eigenvalue weighted by Gasteiger charge is -2.19. The summed E-state index contributed by atoms with van der Waals surface area (Å²) in [5.41, 5.74) is 0. The van der Waals surface area contributed by atoms with Crippen molar-refractivity contribution >= 4 is 12.2 Å². The van der Waals surface area contributed by atoms with Gasteiger partial charge in [0.25, 0.3) is 0 Å². The minimum absolute atomic E-state index is 0.0748. The average molecular weight is 196 g/mol. The second-order valence-electron chi connectivity index (χ2n) is 3.32.